The normalized spacial score (nSPS) is 20.6. The molecule has 1 aliphatic rings. The Labute approximate surface area is 65.8 Å². The average Bonchev–Trinajstić information content (AvgIpc) is 1.72. The van der Waals surface area contributed by atoms with Gasteiger partial charge in [-0.15, -0.1) is 0 Å². The smallest absolute Gasteiger partial charge is 0 e. The maximum atomic E-state index is 1.50. The van der Waals surface area contributed by atoms with Crippen LogP contribution in [0.2, 0.25) is 0 Å². The molecule has 0 N–H and O–H groups in total. The molecule has 1 heteroatoms. The maximum absolute atomic E-state index is 1.50. The van der Waals surface area contributed by atoms with Crippen molar-refractivity contribution in [2.75, 3.05) is 0 Å². The van der Waals surface area contributed by atoms with Crippen molar-refractivity contribution in [3.05, 3.63) is 0 Å². The van der Waals surface area contributed by atoms with Crippen LogP contribution in [0.15, 0.2) is 0 Å². The van der Waals surface area contributed by atoms with E-state index in [4.69, 9.17) is 0 Å². The molecule has 0 saturated heterocycles. The molecule has 1 saturated carbocycles. The van der Waals surface area contributed by atoms with Gasteiger partial charge in [-0.3, -0.25) is 0 Å². The minimum absolute atomic E-state index is 0. The zero-order valence-electron chi connectivity index (χ0n) is 4.95. The zero-order chi connectivity index (χ0) is 4.24. The van der Waals surface area contributed by atoms with Gasteiger partial charge in [0.05, 0.1) is 0 Å². The van der Waals surface area contributed by atoms with Gasteiger partial charge in [0, 0.05) is 27.3 Å². The second-order valence-electron chi connectivity index (χ2n) is 2.12. The Bertz CT molecular complexity index is 19.7. The van der Waals surface area contributed by atoms with Gasteiger partial charge >= 0.3 is 0 Å². The molecule has 0 unspecified atom stereocenters. The van der Waals surface area contributed by atoms with Gasteiger partial charge in [0.15, 0.2) is 0 Å². The Morgan fingerprint density at radius 1 is 0.429 bits per heavy atom. The number of hydrogen-bond donors (Lipinski definition) is 0. The molecule has 38 valence electrons. The van der Waals surface area contributed by atoms with Crippen LogP contribution < -0.4 is 0 Å². The van der Waals surface area contributed by atoms with Crippen LogP contribution in [0.3, 0.4) is 0 Å². The van der Waals surface area contributed by atoms with Crippen LogP contribution in [0.25, 0.3) is 0 Å². The van der Waals surface area contributed by atoms with Crippen LogP contribution in [0.5, 0.6) is 0 Å². The summed E-state index contributed by atoms with van der Waals surface area (Å²) in [4.78, 5) is 0. The summed E-state index contributed by atoms with van der Waals surface area (Å²) in [5.74, 6) is 0. The molecule has 0 nitrogen and oxygen atoms in total. The molecule has 0 spiro atoms. The quantitative estimate of drug-likeness (QED) is 0.522. The Hall–Kier alpha value is 0.922. The fraction of sp³-hybridized carbons (Fsp3) is 1.00. The summed E-state index contributed by atoms with van der Waals surface area (Å²) in [7, 11) is 0. The van der Waals surface area contributed by atoms with Crippen molar-refractivity contribution in [3.63, 3.8) is 0 Å². The van der Waals surface area contributed by atoms with E-state index in [1.165, 1.54) is 38.5 Å². The van der Waals surface area contributed by atoms with Crippen LogP contribution in [-0.2, 0) is 27.3 Å². The standard InChI is InChI=1S/C6H12.Cd/c1-2-4-6-5-3-1;/h1-6H2;. The Morgan fingerprint density at radius 3 is 0.714 bits per heavy atom. The summed E-state index contributed by atoms with van der Waals surface area (Å²) in [5.41, 5.74) is 0. The molecule has 0 heterocycles. The second-order valence-corrected chi connectivity index (χ2v) is 2.12. The molecule has 0 amide bonds. The Balaban J connectivity index is 0.000000360. The summed E-state index contributed by atoms with van der Waals surface area (Å²) in [5, 5.41) is 0. The molecule has 0 aromatic heterocycles. The fourth-order valence-corrected chi connectivity index (χ4v) is 1.06. The molecule has 0 radical (unpaired) electrons. The van der Waals surface area contributed by atoms with Gasteiger partial charge in [0.1, 0.15) is 0 Å². The van der Waals surface area contributed by atoms with Gasteiger partial charge in [-0.2, -0.15) is 0 Å². The minimum atomic E-state index is 0. The van der Waals surface area contributed by atoms with Crippen molar-refractivity contribution < 1.29 is 27.3 Å². The summed E-state index contributed by atoms with van der Waals surface area (Å²) in [6.45, 7) is 0. The van der Waals surface area contributed by atoms with Crippen molar-refractivity contribution in [1.29, 1.82) is 0 Å². The minimum Gasteiger partial charge on any atom is -0.0533 e. The van der Waals surface area contributed by atoms with Gasteiger partial charge in [-0.05, 0) is 0 Å². The molecule has 0 bridgehead atoms. The molecular formula is C6H12Cd. The predicted octanol–water partition coefficient (Wildman–Crippen LogP) is 2.34. The zero-order valence-corrected chi connectivity index (χ0v) is 8.99. The third-order valence-electron chi connectivity index (χ3n) is 1.50. The van der Waals surface area contributed by atoms with E-state index in [-0.39, 0.29) is 27.3 Å². The van der Waals surface area contributed by atoms with Gasteiger partial charge in [-0.25, -0.2) is 0 Å². The van der Waals surface area contributed by atoms with E-state index >= 15 is 0 Å². The van der Waals surface area contributed by atoms with Crippen molar-refractivity contribution >= 4 is 0 Å². The fourth-order valence-electron chi connectivity index (χ4n) is 1.06. The maximum Gasteiger partial charge on any atom is 0 e. The molecule has 1 rings (SSSR count). The van der Waals surface area contributed by atoms with Crippen LogP contribution in [0, 0.1) is 0 Å². The second kappa shape index (κ2) is 5.07. The van der Waals surface area contributed by atoms with Gasteiger partial charge in [0.2, 0.25) is 0 Å². The van der Waals surface area contributed by atoms with E-state index in [1.54, 1.807) is 0 Å². The van der Waals surface area contributed by atoms with Crippen molar-refractivity contribution in [3.8, 4) is 0 Å². The van der Waals surface area contributed by atoms with Crippen LogP contribution >= 0.6 is 0 Å². The molecule has 0 aromatic carbocycles. The summed E-state index contributed by atoms with van der Waals surface area (Å²) in [6.07, 6.45) is 9.00. The molecule has 0 aliphatic heterocycles. The van der Waals surface area contributed by atoms with Gasteiger partial charge in [0.25, 0.3) is 0 Å². The molecule has 1 aliphatic carbocycles. The number of rotatable bonds is 0. The predicted molar refractivity (Wildman–Crippen MR) is 27.7 cm³/mol. The summed E-state index contributed by atoms with van der Waals surface area (Å²) >= 11 is 0. The third kappa shape index (κ3) is 3.50. The number of hydrogen-bond acceptors (Lipinski definition) is 0. The first-order valence-electron chi connectivity index (χ1n) is 3.00. The van der Waals surface area contributed by atoms with Crippen LogP contribution in [-0.4, -0.2) is 0 Å². The van der Waals surface area contributed by atoms with Gasteiger partial charge in [-0.1, -0.05) is 38.5 Å². The molecular weight excluding hydrogens is 184 g/mol. The van der Waals surface area contributed by atoms with Crippen LogP contribution in [0.1, 0.15) is 38.5 Å². The first-order valence-corrected chi connectivity index (χ1v) is 3.00. The largest absolute Gasteiger partial charge is 0.0533 e. The first kappa shape index (κ1) is 7.92. The molecule has 7 heavy (non-hydrogen) atoms. The van der Waals surface area contributed by atoms with Crippen molar-refractivity contribution in [1.82, 2.24) is 0 Å². The van der Waals surface area contributed by atoms with E-state index in [1.807, 2.05) is 0 Å². The summed E-state index contributed by atoms with van der Waals surface area (Å²) in [6, 6.07) is 0. The molecule has 0 aromatic rings. The van der Waals surface area contributed by atoms with E-state index in [2.05, 4.69) is 0 Å². The third-order valence-corrected chi connectivity index (χ3v) is 1.50. The van der Waals surface area contributed by atoms with Crippen molar-refractivity contribution in [2.24, 2.45) is 0 Å². The van der Waals surface area contributed by atoms with Gasteiger partial charge < -0.3 is 0 Å². The molecule has 0 atom stereocenters. The Morgan fingerprint density at radius 2 is 0.571 bits per heavy atom. The van der Waals surface area contributed by atoms with E-state index < -0.39 is 0 Å². The van der Waals surface area contributed by atoms with E-state index in [9.17, 15) is 0 Å². The topological polar surface area (TPSA) is 0 Å². The van der Waals surface area contributed by atoms with E-state index in [0.717, 1.165) is 0 Å². The van der Waals surface area contributed by atoms with E-state index in [0.29, 0.717) is 0 Å². The van der Waals surface area contributed by atoms with Crippen molar-refractivity contribution in [2.45, 2.75) is 38.5 Å². The molecule has 1 fully saturated rings. The summed E-state index contributed by atoms with van der Waals surface area (Å²) < 4.78 is 0. The first-order chi connectivity index (χ1) is 3.00. The Kier molecular flexibility index (Phi) is 5.73. The van der Waals surface area contributed by atoms with Crippen LogP contribution in [0.4, 0.5) is 0 Å². The monoisotopic (exact) mass is 198 g/mol. The SMILES string of the molecule is C1CCCCC1.[Cd]. The average molecular weight is 197 g/mol.